The van der Waals surface area contributed by atoms with Crippen molar-refractivity contribution in [3.63, 3.8) is 0 Å². The van der Waals surface area contributed by atoms with Crippen molar-refractivity contribution in [1.29, 1.82) is 5.26 Å². The first kappa shape index (κ1) is 31.3. The smallest absolute Gasteiger partial charge is 0.303 e. The molecule has 0 aromatic rings. The van der Waals surface area contributed by atoms with E-state index in [1.807, 2.05) is 19.9 Å². The molecule has 216 valence electrons. The number of nitrogens with zero attached hydrogens (tertiary/aromatic N) is 1. The van der Waals surface area contributed by atoms with Gasteiger partial charge in [-0.3, -0.25) is 14.4 Å². The van der Waals surface area contributed by atoms with Gasteiger partial charge in [0.15, 0.2) is 11.6 Å². The number of ketones is 2. The van der Waals surface area contributed by atoms with Crippen molar-refractivity contribution >= 4 is 17.5 Å². The molecule has 1 unspecified atom stereocenters. The second-order valence-corrected chi connectivity index (χ2v) is 15.7. The number of carboxylic acid groups (broad SMARTS) is 1. The number of hydrogen-bond donors (Lipinski definition) is 1. The molecule has 0 aliphatic heterocycles. The van der Waals surface area contributed by atoms with Gasteiger partial charge in [-0.25, -0.2) is 0 Å². The summed E-state index contributed by atoms with van der Waals surface area (Å²) in [6.07, 6.45) is 10.1. The van der Waals surface area contributed by atoms with Crippen LogP contribution in [0, 0.1) is 55.7 Å². The number of nitriles is 1. The zero-order valence-corrected chi connectivity index (χ0v) is 26.1. The lowest BCUT2D eigenvalue weighted by atomic mass is 9.42. The minimum absolute atomic E-state index is 0.0111. The van der Waals surface area contributed by atoms with Gasteiger partial charge < -0.3 is 5.11 Å². The lowest BCUT2D eigenvalue weighted by molar-refractivity contribution is -0.143. The summed E-state index contributed by atoms with van der Waals surface area (Å²) in [5.41, 5.74) is -0.718. The molecule has 3 aliphatic carbocycles. The Bertz CT molecular complexity index is 1150. The summed E-state index contributed by atoms with van der Waals surface area (Å²) in [5, 5.41) is 19.8. The van der Waals surface area contributed by atoms with E-state index < -0.39 is 16.8 Å². The molecule has 2 fully saturated rings. The van der Waals surface area contributed by atoms with E-state index in [1.165, 1.54) is 0 Å². The van der Waals surface area contributed by atoms with Gasteiger partial charge in [-0.05, 0) is 91.4 Å². The molecule has 0 radical (unpaired) electrons. The predicted molar refractivity (Wildman–Crippen MR) is 155 cm³/mol. The highest BCUT2D eigenvalue weighted by Gasteiger charge is 2.61. The van der Waals surface area contributed by atoms with Crippen LogP contribution >= 0.6 is 0 Å². The third kappa shape index (κ3) is 5.30. The molecule has 5 nitrogen and oxygen atoms in total. The minimum Gasteiger partial charge on any atom is -0.481 e. The average molecular weight is 538 g/mol. The zero-order chi connectivity index (χ0) is 29.8. The van der Waals surface area contributed by atoms with Gasteiger partial charge in [0.2, 0.25) is 0 Å². The maximum absolute atomic E-state index is 13.2. The number of rotatable bonds is 7. The van der Waals surface area contributed by atoms with Crippen LogP contribution in [0.1, 0.15) is 121 Å². The third-order valence-electron chi connectivity index (χ3n) is 11.9. The Hall–Kier alpha value is -2.22. The molecule has 39 heavy (non-hydrogen) atoms. The number of aliphatic carboxylic acids is 1. The first-order valence-corrected chi connectivity index (χ1v) is 14.8. The molecule has 0 spiro atoms. The molecule has 3 aliphatic rings. The number of allylic oxidation sites excluding steroid dienone is 4. The number of Topliss-reactive ketones (excluding diaryl/α,β-unsaturated/α-hetero) is 1. The molecule has 2 saturated carbocycles. The van der Waals surface area contributed by atoms with Crippen molar-refractivity contribution in [2.75, 3.05) is 0 Å². The van der Waals surface area contributed by atoms with Gasteiger partial charge >= 0.3 is 5.97 Å². The number of hydrogen-bond acceptors (Lipinski definition) is 4. The van der Waals surface area contributed by atoms with Crippen molar-refractivity contribution in [3.05, 3.63) is 23.3 Å². The molecule has 0 aromatic heterocycles. The third-order valence-corrected chi connectivity index (χ3v) is 11.9. The van der Waals surface area contributed by atoms with Crippen LogP contribution in [0.2, 0.25) is 0 Å². The van der Waals surface area contributed by atoms with Gasteiger partial charge in [-0.15, -0.1) is 0 Å². The summed E-state index contributed by atoms with van der Waals surface area (Å²) < 4.78 is 0. The van der Waals surface area contributed by atoms with Crippen LogP contribution in [0.4, 0.5) is 0 Å². The number of carboxylic acids is 1. The Labute approximate surface area is 236 Å². The fraction of sp³-hybridized carbons (Fsp3) is 0.765. The summed E-state index contributed by atoms with van der Waals surface area (Å²) in [4.78, 5) is 38.0. The average Bonchev–Trinajstić information content (AvgIpc) is 2.79. The summed E-state index contributed by atoms with van der Waals surface area (Å²) in [5.74, 6) is -0.557. The Morgan fingerprint density at radius 3 is 2.26 bits per heavy atom. The SMILES string of the molecule is CC(=O)/C=C1/[C@@]2(C)C=C(C#N)C(=O)C(C)(C)[C@@H]2CC[C@@]1(C)C(C)(C)CC[C@@]1(CC(=O)O)CCC(C)(C)CC1C. The molecule has 0 bridgehead atoms. The predicted octanol–water partition coefficient (Wildman–Crippen LogP) is 8.10. The van der Waals surface area contributed by atoms with Crippen LogP contribution in [-0.2, 0) is 14.4 Å². The quantitative estimate of drug-likeness (QED) is 0.331. The largest absolute Gasteiger partial charge is 0.481 e. The molecular formula is C34H51NO4. The van der Waals surface area contributed by atoms with Crippen molar-refractivity contribution in [2.24, 2.45) is 44.3 Å². The van der Waals surface area contributed by atoms with E-state index >= 15 is 0 Å². The number of carbonyl (C=O) groups excluding carboxylic acids is 2. The highest BCUT2D eigenvalue weighted by Crippen LogP contribution is 2.67. The van der Waals surface area contributed by atoms with E-state index in [1.54, 1.807) is 13.0 Å². The lowest BCUT2D eigenvalue weighted by Crippen LogP contribution is -2.56. The summed E-state index contributed by atoms with van der Waals surface area (Å²) in [7, 11) is 0. The van der Waals surface area contributed by atoms with Gasteiger partial charge in [-0.2, -0.15) is 5.26 Å². The Morgan fingerprint density at radius 2 is 1.74 bits per heavy atom. The fourth-order valence-corrected chi connectivity index (χ4v) is 8.96. The molecule has 5 heteroatoms. The maximum atomic E-state index is 13.2. The lowest BCUT2D eigenvalue weighted by Gasteiger charge is -2.61. The van der Waals surface area contributed by atoms with Crippen LogP contribution in [0.3, 0.4) is 0 Å². The Morgan fingerprint density at radius 1 is 1.13 bits per heavy atom. The van der Waals surface area contributed by atoms with Gasteiger partial charge in [0, 0.05) is 10.8 Å². The zero-order valence-electron chi connectivity index (χ0n) is 26.1. The molecule has 0 amide bonds. The molecular weight excluding hydrogens is 486 g/mol. The monoisotopic (exact) mass is 537 g/mol. The highest BCUT2D eigenvalue weighted by atomic mass is 16.4. The minimum atomic E-state index is -0.723. The molecule has 3 rings (SSSR count). The molecule has 0 saturated heterocycles. The normalized spacial score (nSPS) is 37.0. The first-order chi connectivity index (χ1) is 17.7. The Kier molecular flexibility index (Phi) is 8.03. The van der Waals surface area contributed by atoms with E-state index in [-0.39, 0.29) is 51.1 Å². The summed E-state index contributed by atoms with van der Waals surface area (Å²) in [6.45, 7) is 21.2. The molecule has 5 atom stereocenters. The number of fused-ring (bicyclic) bond motifs is 1. The van der Waals surface area contributed by atoms with Crippen molar-refractivity contribution < 1.29 is 19.5 Å². The number of carbonyl (C=O) groups is 3. The molecule has 0 aromatic carbocycles. The van der Waals surface area contributed by atoms with Gasteiger partial charge in [0.25, 0.3) is 0 Å². The van der Waals surface area contributed by atoms with E-state index in [2.05, 4.69) is 54.5 Å². The van der Waals surface area contributed by atoms with Crippen molar-refractivity contribution in [3.8, 4) is 6.07 Å². The second kappa shape index (κ2) is 10.0. The van der Waals surface area contributed by atoms with Crippen LogP contribution < -0.4 is 0 Å². The van der Waals surface area contributed by atoms with E-state index in [0.29, 0.717) is 5.92 Å². The van der Waals surface area contributed by atoms with Crippen molar-refractivity contribution in [1.82, 2.24) is 0 Å². The second-order valence-electron chi connectivity index (χ2n) is 15.7. The Balaban J connectivity index is 2.07. The van der Waals surface area contributed by atoms with E-state index in [4.69, 9.17) is 0 Å². The van der Waals surface area contributed by atoms with Crippen LogP contribution in [0.25, 0.3) is 0 Å². The van der Waals surface area contributed by atoms with Crippen LogP contribution in [-0.4, -0.2) is 22.6 Å². The van der Waals surface area contributed by atoms with E-state index in [0.717, 1.165) is 50.5 Å². The fourth-order valence-electron chi connectivity index (χ4n) is 8.96. The summed E-state index contributed by atoms with van der Waals surface area (Å²) in [6, 6.07) is 2.15. The molecule has 0 heterocycles. The van der Waals surface area contributed by atoms with Gasteiger partial charge in [-0.1, -0.05) is 74.0 Å². The highest BCUT2D eigenvalue weighted by molar-refractivity contribution is 6.04. The first-order valence-electron chi connectivity index (χ1n) is 14.8. The summed E-state index contributed by atoms with van der Waals surface area (Å²) >= 11 is 0. The standard InChI is InChI=1S/C34H51NO4/c1-22-18-29(3,4)13-15-34(22,20-27(37)38)16-14-30(5,6)33(10)12-11-25-31(7,8)28(39)24(21-35)19-32(25,9)26(33)17-23(2)36/h17,19,22,25H,11-16,18,20H2,1-10H3,(H,37,38)/b26-17-/t22?,25-,32-,33+,34+/m0/s1. The topological polar surface area (TPSA) is 95.2 Å². The van der Waals surface area contributed by atoms with E-state index in [9.17, 15) is 24.8 Å². The molecule has 1 N–H and O–H groups in total. The van der Waals surface area contributed by atoms with Crippen LogP contribution in [0.15, 0.2) is 23.3 Å². The van der Waals surface area contributed by atoms with Gasteiger partial charge in [0.05, 0.1) is 12.0 Å². The van der Waals surface area contributed by atoms with Gasteiger partial charge in [0.1, 0.15) is 6.07 Å². The van der Waals surface area contributed by atoms with Crippen molar-refractivity contribution in [2.45, 2.75) is 121 Å². The maximum Gasteiger partial charge on any atom is 0.303 e. The van der Waals surface area contributed by atoms with Crippen LogP contribution in [0.5, 0.6) is 0 Å².